The van der Waals surface area contributed by atoms with Crippen molar-refractivity contribution in [2.75, 3.05) is 11.9 Å². The van der Waals surface area contributed by atoms with Gasteiger partial charge in [0.1, 0.15) is 11.0 Å². The van der Waals surface area contributed by atoms with Crippen molar-refractivity contribution < 1.29 is 9.32 Å². The SMILES string of the molecule is CC1(C)CC(O)CC(C)(CNc2ccc(Cl)c(S(N)=O)c2)C1. The fourth-order valence-corrected chi connectivity index (χ4v) is 4.65. The Morgan fingerprint density at radius 2 is 2.09 bits per heavy atom. The van der Waals surface area contributed by atoms with Crippen LogP contribution in [0.25, 0.3) is 0 Å². The molecule has 4 nitrogen and oxygen atoms in total. The first kappa shape index (κ1) is 17.7. The molecule has 2 rings (SSSR count). The second kappa shape index (κ2) is 6.48. The quantitative estimate of drug-likeness (QED) is 0.784. The minimum Gasteiger partial charge on any atom is -0.393 e. The van der Waals surface area contributed by atoms with Crippen molar-refractivity contribution in [3.63, 3.8) is 0 Å². The Labute approximate surface area is 140 Å². The second-order valence-corrected chi connectivity index (χ2v) is 8.95. The van der Waals surface area contributed by atoms with Crippen LogP contribution in [0.5, 0.6) is 0 Å². The van der Waals surface area contributed by atoms with Gasteiger partial charge in [-0.15, -0.1) is 0 Å². The summed E-state index contributed by atoms with van der Waals surface area (Å²) < 4.78 is 11.5. The smallest absolute Gasteiger partial charge is 0.123 e. The first-order chi connectivity index (χ1) is 10.1. The highest BCUT2D eigenvalue weighted by atomic mass is 35.5. The van der Waals surface area contributed by atoms with E-state index in [1.807, 2.05) is 6.07 Å². The standard InChI is InChI=1S/C16H25ClN2O2S/c1-15(2)7-12(20)8-16(3,9-15)10-19-11-4-5-13(17)14(6-11)22(18)21/h4-6,12,19-20H,7-10,18H2,1-3H3. The van der Waals surface area contributed by atoms with Gasteiger partial charge < -0.3 is 10.4 Å². The molecule has 124 valence electrons. The number of rotatable bonds is 4. The number of aliphatic hydroxyl groups is 1. The van der Waals surface area contributed by atoms with E-state index in [4.69, 9.17) is 16.7 Å². The van der Waals surface area contributed by atoms with E-state index in [0.29, 0.717) is 9.92 Å². The molecular weight excluding hydrogens is 320 g/mol. The summed E-state index contributed by atoms with van der Waals surface area (Å²) in [7, 11) is -1.60. The van der Waals surface area contributed by atoms with Crippen LogP contribution in [0.2, 0.25) is 5.02 Å². The van der Waals surface area contributed by atoms with Crippen LogP contribution < -0.4 is 10.5 Å². The highest BCUT2D eigenvalue weighted by Crippen LogP contribution is 2.46. The van der Waals surface area contributed by atoms with Gasteiger partial charge >= 0.3 is 0 Å². The Balaban J connectivity index is 2.09. The van der Waals surface area contributed by atoms with E-state index < -0.39 is 11.0 Å². The molecule has 0 amide bonds. The minimum absolute atomic E-state index is 0.0167. The zero-order valence-corrected chi connectivity index (χ0v) is 14.9. The molecule has 0 spiro atoms. The lowest BCUT2D eigenvalue weighted by Gasteiger charge is -2.45. The van der Waals surface area contributed by atoms with Gasteiger partial charge in [-0.2, -0.15) is 0 Å². The third kappa shape index (κ3) is 4.44. The zero-order valence-electron chi connectivity index (χ0n) is 13.4. The van der Waals surface area contributed by atoms with E-state index in [1.165, 1.54) is 0 Å². The molecule has 1 fully saturated rings. The Morgan fingerprint density at radius 3 is 2.68 bits per heavy atom. The molecule has 0 saturated heterocycles. The lowest BCUT2D eigenvalue weighted by atomic mass is 9.63. The van der Waals surface area contributed by atoms with E-state index in [-0.39, 0.29) is 16.9 Å². The number of anilines is 1. The van der Waals surface area contributed by atoms with Gasteiger partial charge in [0.15, 0.2) is 0 Å². The Hall–Kier alpha value is -0.620. The fraction of sp³-hybridized carbons (Fsp3) is 0.625. The van der Waals surface area contributed by atoms with Crippen LogP contribution in [0, 0.1) is 10.8 Å². The van der Waals surface area contributed by atoms with Gasteiger partial charge in [0.05, 0.1) is 16.0 Å². The van der Waals surface area contributed by atoms with Gasteiger partial charge in [-0.25, -0.2) is 9.35 Å². The molecular formula is C16H25ClN2O2S. The summed E-state index contributed by atoms with van der Waals surface area (Å²) in [4.78, 5) is 0.431. The van der Waals surface area contributed by atoms with Crippen LogP contribution in [-0.4, -0.2) is 22.0 Å². The molecule has 0 radical (unpaired) electrons. The van der Waals surface area contributed by atoms with Gasteiger partial charge in [0, 0.05) is 12.2 Å². The molecule has 1 saturated carbocycles. The highest BCUT2D eigenvalue weighted by molar-refractivity contribution is 7.82. The lowest BCUT2D eigenvalue weighted by Crippen LogP contribution is -2.42. The highest BCUT2D eigenvalue weighted by Gasteiger charge is 2.40. The maximum Gasteiger partial charge on any atom is 0.123 e. The summed E-state index contributed by atoms with van der Waals surface area (Å²) in [5.74, 6) is 0. The molecule has 6 heteroatoms. The lowest BCUT2D eigenvalue weighted by molar-refractivity contribution is -0.00317. The van der Waals surface area contributed by atoms with Gasteiger partial charge in [-0.1, -0.05) is 32.4 Å². The first-order valence-electron chi connectivity index (χ1n) is 7.48. The van der Waals surface area contributed by atoms with Crippen LogP contribution in [-0.2, 0) is 11.0 Å². The Morgan fingerprint density at radius 1 is 1.41 bits per heavy atom. The molecule has 3 atom stereocenters. The second-order valence-electron chi connectivity index (χ2n) is 7.51. The van der Waals surface area contributed by atoms with Crippen LogP contribution in [0.4, 0.5) is 5.69 Å². The predicted octanol–water partition coefficient (Wildman–Crippen LogP) is 3.31. The largest absolute Gasteiger partial charge is 0.393 e. The number of nitrogens with one attached hydrogen (secondary N) is 1. The topological polar surface area (TPSA) is 75.3 Å². The summed E-state index contributed by atoms with van der Waals surface area (Å²) >= 11 is 5.99. The van der Waals surface area contributed by atoms with E-state index in [0.717, 1.165) is 31.5 Å². The number of benzene rings is 1. The Kier molecular flexibility index (Phi) is 5.22. The van der Waals surface area contributed by atoms with Crippen molar-refractivity contribution in [2.24, 2.45) is 16.0 Å². The zero-order chi connectivity index (χ0) is 16.5. The van der Waals surface area contributed by atoms with Crippen LogP contribution in [0.3, 0.4) is 0 Å². The summed E-state index contributed by atoms with van der Waals surface area (Å²) in [5.41, 5.74) is 0.998. The van der Waals surface area contributed by atoms with Crippen molar-refractivity contribution in [3.05, 3.63) is 23.2 Å². The molecule has 0 aliphatic heterocycles. The summed E-state index contributed by atoms with van der Waals surface area (Å²) in [6.07, 6.45) is 2.42. The van der Waals surface area contributed by atoms with Gasteiger partial charge in [0.2, 0.25) is 0 Å². The molecule has 1 aliphatic carbocycles. The molecule has 1 aromatic carbocycles. The van der Waals surface area contributed by atoms with E-state index in [9.17, 15) is 9.32 Å². The number of nitrogens with two attached hydrogens (primary N) is 1. The molecule has 0 bridgehead atoms. The molecule has 0 aromatic heterocycles. The third-order valence-corrected chi connectivity index (χ3v) is 5.50. The van der Waals surface area contributed by atoms with Crippen molar-refractivity contribution >= 4 is 28.3 Å². The van der Waals surface area contributed by atoms with Gasteiger partial charge in [-0.05, 0) is 48.3 Å². The molecule has 0 heterocycles. The van der Waals surface area contributed by atoms with Gasteiger partial charge in [0.25, 0.3) is 0 Å². The Bertz CT molecular complexity index is 579. The molecule has 1 aromatic rings. The first-order valence-corrected chi connectivity index (χ1v) is 9.07. The predicted molar refractivity (Wildman–Crippen MR) is 92.3 cm³/mol. The fourth-order valence-electron chi connectivity index (χ4n) is 3.80. The minimum atomic E-state index is -1.60. The normalized spacial score (nSPS) is 29.1. The van der Waals surface area contributed by atoms with Crippen LogP contribution in [0.1, 0.15) is 40.0 Å². The van der Waals surface area contributed by atoms with Crippen molar-refractivity contribution in [2.45, 2.75) is 51.0 Å². The third-order valence-electron chi connectivity index (χ3n) is 4.29. The van der Waals surface area contributed by atoms with Crippen LogP contribution in [0.15, 0.2) is 23.1 Å². The maximum atomic E-state index is 11.5. The van der Waals surface area contributed by atoms with Gasteiger partial charge in [-0.3, -0.25) is 0 Å². The van der Waals surface area contributed by atoms with Crippen molar-refractivity contribution in [1.29, 1.82) is 0 Å². The monoisotopic (exact) mass is 344 g/mol. The number of hydrogen-bond donors (Lipinski definition) is 3. The average Bonchev–Trinajstić information content (AvgIpc) is 2.34. The maximum absolute atomic E-state index is 11.5. The van der Waals surface area contributed by atoms with Crippen LogP contribution >= 0.6 is 11.6 Å². The van der Waals surface area contributed by atoms with Crippen molar-refractivity contribution in [3.8, 4) is 0 Å². The molecule has 4 N–H and O–H groups in total. The van der Waals surface area contributed by atoms with E-state index in [2.05, 4.69) is 26.1 Å². The summed E-state index contributed by atoms with van der Waals surface area (Å²) in [6.45, 7) is 7.34. The van der Waals surface area contributed by atoms with Crippen molar-refractivity contribution in [1.82, 2.24) is 0 Å². The average molecular weight is 345 g/mol. The number of aliphatic hydroxyl groups excluding tert-OH is 1. The molecule has 1 aliphatic rings. The van der Waals surface area contributed by atoms with E-state index >= 15 is 0 Å². The molecule has 22 heavy (non-hydrogen) atoms. The number of halogens is 1. The summed E-state index contributed by atoms with van der Waals surface area (Å²) in [6, 6.07) is 5.28. The molecule has 3 unspecified atom stereocenters. The number of hydrogen-bond acceptors (Lipinski definition) is 3. The van der Waals surface area contributed by atoms with E-state index in [1.54, 1.807) is 12.1 Å². The summed E-state index contributed by atoms with van der Waals surface area (Å²) in [5, 5.41) is 19.3.